The van der Waals surface area contributed by atoms with Crippen molar-refractivity contribution in [2.45, 2.75) is 25.3 Å². The summed E-state index contributed by atoms with van der Waals surface area (Å²) in [5.74, 6) is -0.400. The number of benzene rings is 1. The molecular formula is C19H27ClFN5O. The fourth-order valence-corrected chi connectivity index (χ4v) is 3.21. The first-order valence-electron chi connectivity index (χ1n) is 9.15. The van der Waals surface area contributed by atoms with E-state index < -0.39 is 0 Å². The van der Waals surface area contributed by atoms with E-state index in [1.807, 2.05) is 28.9 Å². The largest absolute Gasteiger partial charge is 0.372 e. The number of nitrogens with zero attached hydrogens (tertiary/aromatic N) is 3. The van der Waals surface area contributed by atoms with Crippen LogP contribution in [0.15, 0.2) is 36.5 Å². The van der Waals surface area contributed by atoms with Crippen LogP contribution in [0, 0.1) is 5.82 Å². The van der Waals surface area contributed by atoms with Gasteiger partial charge in [-0.1, -0.05) is 12.1 Å². The second-order valence-electron chi connectivity index (χ2n) is 6.66. The first kappa shape index (κ1) is 21.2. The molecule has 1 aromatic heterocycles. The molecule has 2 aromatic rings. The summed E-state index contributed by atoms with van der Waals surface area (Å²) in [5, 5.41) is 10.6. The average molecular weight is 396 g/mol. The van der Waals surface area contributed by atoms with Crippen molar-refractivity contribution in [3.8, 4) is 0 Å². The van der Waals surface area contributed by atoms with Crippen molar-refractivity contribution in [1.29, 1.82) is 0 Å². The Hall–Kier alpha value is -2.12. The SMILES string of the molecule is CN(CCCNC(=O)c1ccn(C2CCCNC2)n1)c1ccccc1F.Cl. The van der Waals surface area contributed by atoms with Gasteiger partial charge in [-0.15, -0.1) is 12.4 Å². The van der Waals surface area contributed by atoms with Gasteiger partial charge in [0.15, 0.2) is 0 Å². The van der Waals surface area contributed by atoms with Crippen molar-refractivity contribution >= 4 is 24.0 Å². The molecule has 1 saturated heterocycles. The summed E-state index contributed by atoms with van der Waals surface area (Å²) < 4.78 is 15.6. The highest BCUT2D eigenvalue weighted by molar-refractivity contribution is 5.92. The molecule has 1 atom stereocenters. The lowest BCUT2D eigenvalue weighted by Crippen LogP contribution is -2.32. The topological polar surface area (TPSA) is 62.2 Å². The minimum atomic E-state index is -0.234. The Labute approximate surface area is 165 Å². The van der Waals surface area contributed by atoms with Gasteiger partial charge in [-0.2, -0.15) is 5.10 Å². The number of para-hydroxylation sites is 1. The van der Waals surface area contributed by atoms with E-state index in [0.717, 1.165) is 32.4 Å². The second kappa shape index (κ2) is 10.3. The summed E-state index contributed by atoms with van der Waals surface area (Å²) in [6, 6.07) is 8.77. The van der Waals surface area contributed by atoms with Crippen LogP contribution in [-0.2, 0) is 0 Å². The number of halogens is 2. The third-order valence-corrected chi connectivity index (χ3v) is 4.71. The standard InChI is InChI=1S/C19H26FN5O.ClH/c1-24(18-8-3-2-7-16(18)20)12-5-11-22-19(26)17-9-13-25(23-17)15-6-4-10-21-14-15;/h2-3,7-9,13,15,21H,4-6,10-12,14H2,1H3,(H,22,26);1H. The normalized spacial score (nSPS) is 16.4. The molecule has 2 N–H and O–H groups in total. The van der Waals surface area contributed by atoms with Crippen LogP contribution in [0.25, 0.3) is 0 Å². The molecular weight excluding hydrogens is 369 g/mol. The summed E-state index contributed by atoms with van der Waals surface area (Å²) in [6.07, 6.45) is 4.81. The molecule has 8 heteroatoms. The highest BCUT2D eigenvalue weighted by Crippen LogP contribution is 2.17. The van der Waals surface area contributed by atoms with Gasteiger partial charge in [0, 0.05) is 32.9 Å². The van der Waals surface area contributed by atoms with Gasteiger partial charge < -0.3 is 15.5 Å². The Kier molecular flexibility index (Phi) is 8.06. The van der Waals surface area contributed by atoms with Gasteiger partial charge in [-0.05, 0) is 44.0 Å². The molecule has 0 spiro atoms. The maximum absolute atomic E-state index is 13.7. The van der Waals surface area contributed by atoms with Gasteiger partial charge in [0.2, 0.25) is 0 Å². The molecule has 1 amide bonds. The summed E-state index contributed by atoms with van der Waals surface area (Å²) in [7, 11) is 1.85. The molecule has 1 unspecified atom stereocenters. The van der Waals surface area contributed by atoms with Crippen LogP contribution >= 0.6 is 12.4 Å². The number of hydrogen-bond acceptors (Lipinski definition) is 4. The lowest BCUT2D eigenvalue weighted by molar-refractivity contribution is 0.0947. The van der Waals surface area contributed by atoms with Crippen molar-refractivity contribution < 1.29 is 9.18 Å². The number of anilines is 1. The number of carbonyl (C=O) groups is 1. The van der Waals surface area contributed by atoms with Gasteiger partial charge >= 0.3 is 0 Å². The number of carbonyl (C=O) groups excluding carboxylic acids is 1. The summed E-state index contributed by atoms with van der Waals surface area (Å²) in [5.41, 5.74) is 1.01. The van der Waals surface area contributed by atoms with E-state index in [9.17, 15) is 9.18 Å². The third kappa shape index (κ3) is 5.68. The number of rotatable bonds is 7. The highest BCUT2D eigenvalue weighted by Gasteiger charge is 2.17. The van der Waals surface area contributed by atoms with Crippen LogP contribution in [0.5, 0.6) is 0 Å². The Morgan fingerprint density at radius 3 is 2.96 bits per heavy atom. The van der Waals surface area contributed by atoms with Crippen molar-refractivity contribution in [3.05, 3.63) is 48.0 Å². The maximum Gasteiger partial charge on any atom is 0.271 e. The van der Waals surface area contributed by atoms with Gasteiger partial charge in [0.1, 0.15) is 11.5 Å². The third-order valence-electron chi connectivity index (χ3n) is 4.71. The predicted molar refractivity (Wildman–Crippen MR) is 107 cm³/mol. The molecule has 1 aliphatic rings. The molecule has 0 radical (unpaired) electrons. The van der Waals surface area contributed by atoms with E-state index in [1.165, 1.54) is 6.07 Å². The number of aromatic nitrogens is 2. The molecule has 27 heavy (non-hydrogen) atoms. The van der Waals surface area contributed by atoms with Crippen molar-refractivity contribution in [3.63, 3.8) is 0 Å². The molecule has 2 heterocycles. The molecule has 1 aliphatic heterocycles. The summed E-state index contributed by atoms with van der Waals surface area (Å²) in [4.78, 5) is 14.1. The molecule has 1 fully saturated rings. The lowest BCUT2D eigenvalue weighted by atomic mass is 10.1. The van der Waals surface area contributed by atoms with Gasteiger partial charge in [0.05, 0.1) is 11.7 Å². The fourth-order valence-electron chi connectivity index (χ4n) is 3.21. The smallest absolute Gasteiger partial charge is 0.271 e. The number of nitrogens with one attached hydrogen (secondary N) is 2. The molecule has 148 valence electrons. The predicted octanol–water partition coefficient (Wildman–Crippen LogP) is 2.62. The Bertz CT molecular complexity index is 732. The average Bonchev–Trinajstić information content (AvgIpc) is 3.16. The zero-order chi connectivity index (χ0) is 18.4. The van der Waals surface area contributed by atoms with E-state index in [4.69, 9.17) is 0 Å². The van der Waals surface area contributed by atoms with E-state index in [-0.39, 0.29) is 24.1 Å². The minimum Gasteiger partial charge on any atom is -0.372 e. The minimum absolute atomic E-state index is 0. The number of piperidine rings is 1. The first-order valence-corrected chi connectivity index (χ1v) is 9.15. The Morgan fingerprint density at radius 2 is 2.22 bits per heavy atom. The fraction of sp³-hybridized carbons (Fsp3) is 0.474. The lowest BCUT2D eigenvalue weighted by Gasteiger charge is -2.22. The molecule has 0 bridgehead atoms. The summed E-state index contributed by atoms with van der Waals surface area (Å²) in [6.45, 7) is 3.12. The van der Waals surface area contributed by atoms with Gasteiger partial charge in [-0.3, -0.25) is 9.48 Å². The van der Waals surface area contributed by atoms with E-state index in [1.54, 1.807) is 18.2 Å². The zero-order valence-corrected chi connectivity index (χ0v) is 16.3. The van der Waals surface area contributed by atoms with Crippen LogP contribution in [0.4, 0.5) is 10.1 Å². The van der Waals surface area contributed by atoms with Crippen LogP contribution < -0.4 is 15.5 Å². The zero-order valence-electron chi connectivity index (χ0n) is 15.5. The van der Waals surface area contributed by atoms with Crippen molar-refractivity contribution in [1.82, 2.24) is 20.4 Å². The summed E-state index contributed by atoms with van der Waals surface area (Å²) >= 11 is 0. The molecule has 3 rings (SSSR count). The second-order valence-corrected chi connectivity index (χ2v) is 6.66. The molecule has 6 nitrogen and oxygen atoms in total. The van der Waals surface area contributed by atoms with E-state index >= 15 is 0 Å². The van der Waals surface area contributed by atoms with Gasteiger partial charge in [-0.25, -0.2) is 4.39 Å². The molecule has 1 aromatic carbocycles. The van der Waals surface area contributed by atoms with Crippen LogP contribution in [0.3, 0.4) is 0 Å². The first-order chi connectivity index (χ1) is 12.6. The molecule has 0 saturated carbocycles. The monoisotopic (exact) mass is 395 g/mol. The van der Waals surface area contributed by atoms with E-state index in [0.29, 0.717) is 30.5 Å². The van der Waals surface area contributed by atoms with Crippen molar-refractivity contribution in [2.75, 3.05) is 38.1 Å². The van der Waals surface area contributed by atoms with Crippen LogP contribution in [0.1, 0.15) is 35.8 Å². The Morgan fingerprint density at radius 1 is 1.41 bits per heavy atom. The number of amides is 1. The van der Waals surface area contributed by atoms with Gasteiger partial charge in [0.25, 0.3) is 5.91 Å². The van der Waals surface area contributed by atoms with Crippen molar-refractivity contribution in [2.24, 2.45) is 0 Å². The van der Waals surface area contributed by atoms with E-state index in [2.05, 4.69) is 15.7 Å². The maximum atomic E-state index is 13.7. The quantitative estimate of drug-likeness (QED) is 0.707. The molecule has 0 aliphatic carbocycles. The van der Waals surface area contributed by atoms with Crippen LogP contribution in [-0.4, -0.2) is 48.9 Å². The Balaban J connectivity index is 0.00000261. The van der Waals surface area contributed by atoms with Crippen LogP contribution in [0.2, 0.25) is 0 Å². The number of hydrogen-bond donors (Lipinski definition) is 2. The highest BCUT2D eigenvalue weighted by atomic mass is 35.5.